The minimum absolute atomic E-state index is 0.118. The van der Waals surface area contributed by atoms with E-state index in [4.69, 9.17) is 4.74 Å². The fourth-order valence-corrected chi connectivity index (χ4v) is 2.96. The predicted molar refractivity (Wildman–Crippen MR) is 102 cm³/mol. The van der Waals surface area contributed by atoms with Crippen molar-refractivity contribution in [1.29, 1.82) is 0 Å². The molecule has 0 saturated heterocycles. The van der Waals surface area contributed by atoms with E-state index in [2.05, 4.69) is 22.5 Å². The molecule has 0 aliphatic carbocycles. The van der Waals surface area contributed by atoms with Crippen molar-refractivity contribution in [2.24, 2.45) is 7.05 Å². The number of aromatic nitrogens is 2. The number of carbonyl (C=O) groups excluding carboxylic acids is 1. The number of nitrogens with zero attached hydrogens (tertiary/aromatic N) is 2. The third kappa shape index (κ3) is 3.77. The molecule has 5 nitrogen and oxygen atoms in total. The number of rotatable bonds is 6. The van der Waals surface area contributed by atoms with E-state index >= 15 is 0 Å². The van der Waals surface area contributed by atoms with Crippen molar-refractivity contribution in [3.05, 3.63) is 71.5 Å². The van der Waals surface area contributed by atoms with Crippen LogP contribution in [0.3, 0.4) is 0 Å². The molecule has 2 aromatic carbocycles. The SMILES string of the molecule is Cc1nn(C)c(C)c1C(=O)NCCOc1ccccc1-c1ccccc1. The molecule has 0 bridgehead atoms. The maximum Gasteiger partial charge on any atom is 0.255 e. The third-order valence-corrected chi connectivity index (χ3v) is 4.35. The second-order valence-corrected chi connectivity index (χ2v) is 6.14. The Balaban J connectivity index is 1.60. The molecule has 0 aliphatic rings. The van der Waals surface area contributed by atoms with Crippen molar-refractivity contribution >= 4 is 5.91 Å². The van der Waals surface area contributed by atoms with E-state index in [1.165, 1.54) is 0 Å². The summed E-state index contributed by atoms with van der Waals surface area (Å²) in [7, 11) is 1.84. The number of hydrogen-bond donors (Lipinski definition) is 1. The zero-order chi connectivity index (χ0) is 18.5. The predicted octanol–water partition coefficient (Wildman–Crippen LogP) is 3.51. The largest absolute Gasteiger partial charge is 0.491 e. The zero-order valence-electron chi connectivity index (χ0n) is 15.3. The monoisotopic (exact) mass is 349 g/mol. The minimum Gasteiger partial charge on any atom is -0.491 e. The molecule has 1 heterocycles. The van der Waals surface area contributed by atoms with Gasteiger partial charge in [-0.1, -0.05) is 48.5 Å². The summed E-state index contributed by atoms with van der Waals surface area (Å²) < 4.78 is 7.63. The number of benzene rings is 2. The normalized spacial score (nSPS) is 10.6. The molecule has 0 fully saturated rings. The van der Waals surface area contributed by atoms with Gasteiger partial charge in [-0.15, -0.1) is 0 Å². The highest BCUT2D eigenvalue weighted by Gasteiger charge is 2.16. The van der Waals surface area contributed by atoms with Gasteiger partial charge >= 0.3 is 0 Å². The first-order valence-corrected chi connectivity index (χ1v) is 8.63. The van der Waals surface area contributed by atoms with Crippen LogP contribution in [0.5, 0.6) is 5.75 Å². The second-order valence-electron chi connectivity index (χ2n) is 6.14. The summed E-state index contributed by atoms with van der Waals surface area (Å²) in [6.07, 6.45) is 0. The van der Waals surface area contributed by atoms with Crippen LogP contribution in [0.2, 0.25) is 0 Å². The lowest BCUT2D eigenvalue weighted by Crippen LogP contribution is -2.29. The Morgan fingerprint density at radius 2 is 1.77 bits per heavy atom. The molecular weight excluding hydrogens is 326 g/mol. The molecule has 0 aliphatic heterocycles. The van der Waals surface area contributed by atoms with E-state index in [0.717, 1.165) is 28.3 Å². The number of aryl methyl sites for hydroxylation is 2. The van der Waals surface area contributed by atoms with Crippen molar-refractivity contribution in [1.82, 2.24) is 15.1 Å². The first-order valence-electron chi connectivity index (χ1n) is 8.63. The van der Waals surface area contributed by atoms with Gasteiger partial charge in [0.05, 0.1) is 17.8 Å². The van der Waals surface area contributed by atoms with E-state index in [1.54, 1.807) is 4.68 Å². The third-order valence-electron chi connectivity index (χ3n) is 4.35. The van der Waals surface area contributed by atoms with E-state index in [0.29, 0.717) is 18.7 Å². The van der Waals surface area contributed by atoms with Crippen LogP contribution in [0, 0.1) is 13.8 Å². The van der Waals surface area contributed by atoms with Crippen LogP contribution < -0.4 is 10.1 Å². The fourth-order valence-electron chi connectivity index (χ4n) is 2.96. The molecule has 1 aromatic heterocycles. The first kappa shape index (κ1) is 17.7. The van der Waals surface area contributed by atoms with Crippen molar-refractivity contribution < 1.29 is 9.53 Å². The van der Waals surface area contributed by atoms with Crippen LogP contribution in [0.15, 0.2) is 54.6 Å². The van der Waals surface area contributed by atoms with Gasteiger partial charge in [-0.05, 0) is 25.5 Å². The molecular formula is C21H23N3O2. The number of carbonyl (C=O) groups is 1. The number of ether oxygens (including phenoxy) is 1. The van der Waals surface area contributed by atoms with Crippen molar-refractivity contribution in [3.8, 4) is 16.9 Å². The summed E-state index contributed by atoms with van der Waals surface area (Å²) in [5.41, 5.74) is 4.37. The van der Waals surface area contributed by atoms with Crippen LogP contribution in [0.1, 0.15) is 21.7 Å². The quantitative estimate of drug-likeness (QED) is 0.693. The van der Waals surface area contributed by atoms with Crippen LogP contribution in [-0.2, 0) is 7.05 Å². The number of nitrogens with one attached hydrogen (secondary N) is 1. The van der Waals surface area contributed by atoms with Gasteiger partial charge in [0.1, 0.15) is 12.4 Å². The van der Waals surface area contributed by atoms with Crippen LogP contribution in [0.4, 0.5) is 0 Å². The van der Waals surface area contributed by atoms with Gasteiger partial charge in [0.25, 0.3) is 5.91 Å². The fraction of sp³-hybridized carbons (Fsp3) is 0.238. The van der Waals surface area contributed by atoms with Gasteiger partial charge in [0.15, 0.2) is 0 Å². The molecule has 3 aromatic rings. The smallest absolute Gasteiger partial charge is 0.255 e. The molecule has 1 amide bonds. The van der Waals surface area contributed by atoms with Gasteiger partial charge in [-0.2, -0.15) is 5.10 Å². The Labute approximate surface area is 153 Å². The van der Waals surface area contributed by atoms with Gasteiger partial charge in [-0.3, -0.25) is 9.48 Å². The zero-order valence-corrected chi connectivity index (χ0v) is 15.3. The standard InChI is InChI=1S/C21H23N3O2/c1-15-20(16(2)24(3)23-15)21(25)22-13-14-26-19-12-8-7-11-18(19)17-9-5-4-6-10-17/h4-12H,13-14H2,1-3H3,(H,22,25). The van der Waals surface area contributed by atoms with Gasteiger partial charge < -0.3 is 10.1 Å². The summed E-state index contributed by atoms with van der Waals surface area (Å²) >= 11 is 0. The number of amides is 1. The Morgan fingerprint density at radius 1 is 1.08 bits per heavy atom. The molecule has 5 heteroatoms. The van der Waals surface area contributed by atoms with Gasteiger partial charge in [-0.25, -0.2) is 0 Å². The maximum absolute atomic E-state index is 12.4. The summed E-state index contributed by atoms with van der Waals surface area (Å²) in [6, 6.07) is 18.0. The minimum atomic E-state index is -0.118. The molecule has 0 atom stereocenters. The highest BCUT2D eigenvalue weighted by molar-refractivity contribution is 5.96. The van der Waals surface area contributed by atoms with E-state index in [-0.39, 0.29) is 5.91 Å². The second kappa shape index (κ2) is 7.87. The van der Waals surface area contributed by atoms with E-state index in [1.807, 2.05) is 63.4 Å². The molecule has 26 heavy (non-hydrogen) atoms. The molecule has 1 N–H and O–H groups in total. The lowest BCUT2D eigenvalue weighted by molar-refractivity contribution is 0.0945. The summed E-state index contributed by atoms with van der Waals surface area (Å²) in [4.78, 5) is 12.4. The lowest BCUT2D eigenvalue weighted by Gasteiger charge is -2.12. The van der Waals surface area contributed by atoms with Crippen molar-refractivity contribution in [2.75, 3.05) is 13.2 Å². The van der Waals surface area contributed by atoms with Gasteiger partial charge in [0.2, 0.25) is 0 Å². The maximum atomic E-state index is 12.4. The van der Waals surface area contributed by atoms with Crippen molar-refractivity contribution in [3.63, 3.8) is 0 Å². The van der Waals surface area contributed by atoms with Crippen LogP contribution >= 0.6 is 0 Å². The Hall–Kier alpha value is -3.08. The molecule has 0 spiro atoms. The first-order chi connectivity index (χ1) is 12.6. The van der Waals surface area contributed by atoms with E-state index in [9.17, 15) is 4.79 Å². The highest BCUT2D eigenvalue weighted by Crippen LogP contribution is 2.29. The average molecular weight is 349 g/mol. The number of para-hydroxylation sites is 1. The molecule has 3 rings (SSSR count). The Morgan fingerprint density at radius 3 is 2.46 bits per heavy atom. The Kier molecular flexibility index (Phi) is 5.37. The molecule has 0 unspecified atom stereocenters. The molecule has 0 saturated carbocycles. The lowest BCUT2D eigenvalue weighted by atomic mass is 10.1. The van der Waals surface area contributed by atoms with Crippen LogP contribution in [-0.4, -0.2) is 28.8 Å². The summed E-state index contributed by atoms with van der Waals surface area (Å²) in [5.74, 6) is 0.690. The Bertz CT molecular complexity index is 901. The highest BCUT2D eigenvalue weighted by atomic mass is 16.5. The van der Waals surface area contributed by atoms with Gasteiger partial charge in [0, 0.05) is 18.3 Å². The van der Waals surface area contributed by atoms with Crippen molar-refractivity contribution in [2.45, 2.75) is 13.8 Å². The van der Waals surface area contributed by atoms with E-state index < -0.39 is 0 Å². The molecule has 134 valence electrons. The topological polar surface area (TPSA) is 56.2 Å². The average Bonchev–Trinajstić information content (AvgIpc) is 2.91. The number of hydrogen-bond acceptors (Lipinski definition) is 3. The van der Waals surface area contributed by atoms with Crippen LogP contribution in [0.25, 0.3) is 11.1 Å². The summed E-state index contributed by atoms with van der Waals surface area (Å²) in [5, 5.41) is 7.18. The summed E-state index contributed by atoms with van der Waals surface area (Å²) in [6.45, 7) is 4.56. The molecule has 0 radical (unpaired) electrons.